The SMILES string of the molecule is CC(=O)NC1CCCN(C(=O)/C=C/c2ccc(N)cc2)C1. The van der Waals surface area contributed by atoms with E-state index >= 15 is 0 Å². The molecule has 0 radical (unpaired) electrons. The van der Waals surface area contributed by atoms with Crippen molar-refractivity contribution in [1.29, 1.82) is 0 Å². The maximum atomic E-state index is 12.2. The predicted molar refractivity (Wildman–Crippen MR) is 83.3 cm³/mol. The molecule has 1 aliphatic heterocycles. The van der Waals surface area contributed by atoms with Crippen LogP contribution in [0.4, 0.5) is 5.69 Å². The summed E-state index contributed by atoms with van der Waals surface area (Å²) >= 11 is 0. The molecule has 1 atom stereocenters. The summed E-state index contributed by atoms with van der Waals surface area (Å²) in [7, 11) is 0. The molecule has 1 aliphatic rings. The van der Waals surface area contributed by atoms with E-state index in [0.29, 0.717) is 12.2 Å². The molecular weight excluding hydrogens is 266 g/mol. The molecule has 0 aliphatic carbocycles. The van der Waals surface area contributed by atoms with Crippen LogP contribution in [0.5, 0.6) is 0 Å². The molecule has 0 bridgehead atoms. The highest BCUT2D eigenvalue weighted by Gasteiger charge is 2.22. The van der Waals surface area contributed by atoms with Gasteiger partial charge in [-0.15, -0.1) is 0 Å². The first-order valence-electron chi connectivity index (χ1n) is 7.14. The third-order valence-corrected chi connectivity index (χ3v) is 3.50. The number of nitrogens with zero attached hydrogens (tertiary/aromatic N) is 1. The van der Waals surface area contributed by atoms with Gasteiger partial charge in [-0.05, 0) is 36.6 Å². The molecule has 1 saturated heterocycles. The van der Waals surface area contributed by atoms with Crippen molar-refractivity contribution in [3.63, 3.8) is 0 Å². The van der Waals surface area contributed by atoms with Crippen molar-refractivity contribution < 1.29 is 9.59 Å². The number of benzene rings is 1. The Kier molecular flexibility index (Phi) is 4.98. The number of likely N-dealkylation sites (tertiary alicyclic amines) is 1. The summed E-state index contributed by atoms with van der Waals surface area (Å²) in [6.45, 7) is 2.81. The highest BCUT2D eigenvalue weighted by atomic mass is 16.2. The van der Waals surface area contributed by atoms with Crippen molar-refractivity contribution in [3.8, 4) is 0 Å². The van der Waals surface area contributed by atoms with Crippen LogP contribution < -0.4 is 11.1 Å². The van der Waals surface area contributed by atoms with Crippen LogP contribution in [0, 0.1) is 0 Å². The molecule has 1 heterocycles. The number of anilines is 1. The van der Waals surface area contributed by atoms with Gasteiger partial charge in [0.1, 0.15) is 0 Å². The summed E-state index contributed by atoms with van der Waals surface area (Å²) in [6.07, 6.45) is 5.18. The second-order valence-electron chi connectivity index (χ2n) is 5.32. The minimum atomic E-state index is -0.0493. The minimum Gasteiger partial charge on any atom is -0.399 e. The summed E-state index contributed by atoms with van der Waals surface area (Å²) < 4.78 is 0. The second kappa shape index (κ2) is 6.92. The van der Waals surface area contributed by atoms with Crippen LogP contribution in [0.2, 0.25) is 0 Å². The fraction of sp³-hybridized carbons (Fsp3) is 0.375. The highest BCUT2D eigenvalue weighted by Crippen LogP contribution is 2.12. The third-order valence-electron chi connectivity index (χ3n) is 3.50. The zero-order valence-electron chi connectivity index (χ0n) is 12.2. The monoisotopic (exact) mass is 287 g/mol. The van der Waals surface area contributed by atoms with Crippen LogP contribution in [-0.2, 0) is 9.59 Å². The molecule has 2 rings (SSSR count). The fourth-order valence-corrected chi connectivity index (χ4v) is 2.46. The molecule has 112 valence electrons. The molecule has 1 aromatic carbocycles. The first-order chi connectivity index (χ1) is 10.0. The van der Waals surface area contributed by atoms with Crippen LogP contribution >= 0.6 is 0 Å². The number of rotatable bonds is 3. The summed E-state index contributed by atoms with van der Waals surface area (Å²) in [5.41, 5.74) is 7.26. The predicted octanol–water partition coefficient (Wildman–Crippen LogP) is 1.41. The summed E-state index contributed by atoms with van der Waals surface area (Å²) in [6, 6.07) is 7.41. The maximum Gasteiger partial charge on any atom is 0.246 e. The molecule has 0 aromatic heterocycles. The smallest absolute Gasteiger partial charge is 0.246 e. The van der Waals surface area contributed by atoms with Crippen molar-refractivity contribution in [2.24, 2.45) is 0 Å². The van der Waals surface area contributed by atoms with E-state index in [1.54, 1.807) is 29.2 Å². The Morgan fingerprint density at radius 3 is 2.71 bits per heavy atom. The van der Waals surface area contributed by atoms with Gasteiger partial charge in [0.05, 0.1) is 0 Å². The van der Waals surface area contributed by atoms with Crippen LogP contribution in [0.1, 0.15) is 25.3 Å². The molecule has 21 heavy (non-hydrogen) atoms. The number of amides is 2. The quantitative estimate of drug-likeness (QED) is 0.652. The fourth-order valence-electron chi connectivity index (χ4n) is 2.46. The molecule has 0 saturated carbocycles. The van der Waals surface area contributed by atoms with E-state index in [9.17, 15) is 9.59 Å². The van der Waals surface area contributed by atoms with Gasteiger partial charge in [0.25, 0.3) is 0 Å². The van der Waals surface area contributed by atoms with Gasteiger partial charge in [-0.25, -0.2) is 0 Å². The van der Waals surface area contributed by atoms with Crippen molar-refractivity contribution in [2.45, 2.75) is 25.8 Å². The lowest BCUT2D eigenvalue weighted by molar-refractivity contribution is -0.128. The first-order valence-corrected chi connectivity index (χ1v) is 7.14. The average molecular weight is 287 g/mol. The van der Waals surface area contributed by atoms with Gasteiger partial charge in [0.15, 0.2) is 0 Å². The van der Waals surface area contributed by atoms with E-state index in [0.717, 1.165) is 24.9 Å². The Labute approximate surface area is 124 Å². The Hall–Kier alpha value is -2.30. The number of nitrogens with one attached hydrogen (secondary N) is 1. The molecule has 2 amide bonds. The van der Waals surface area contributed by atoms with Crippen LogP contribution in [0.25, 0.3) is 6.08 Å². The largest absolute Gasteiger partial charge is 0.399 e. The van der Waals surface area contributed by atoms with Gasteiger partial charge in [0.2, 0.25) is 11.8 Å². The molecule has 1 unspecified atom stereocenters. The van der Waals surface area contributed by atoms with Crippen LogP contribution in [-0.4, -0.2) is 35.8 Å². The third kappa shape index (κ3) is 4.63. The molecule has 1 fully saturated rings. The molecule has 1 aromatic rings. The summed E-state index contributed by atoms with van der Waals surface area (Å²) in [4.78, 5) is 25.0. The lowest BCUT2D eigenvalue weighted by Crippen LogP contribution is -2.48. The number of nitrogen functional groups attached to an aromatic ring is 1. The van der Waals surface area contributed by atoms with Crippen molar-refractivity contribution >= 4 is 23.6 Å². The van der Waals surface area contributed by atoms with Crippen molar-refractivity contribution in [2.75, 3.05) is 18.8 Å². The molecule has 3 N–H and O–H groups in total. The number of carbonyl (C=O) groups is 2. The molecule has 0 spiro atoms. The zero-order valence-corrected chi connectivity index (χ0v) is 12.2. The Morgan fingerprint density at radius 2 is 2.05 bits per heavy atom. The highest BCUT2D eigenvalue weighted by molar-refractivity contribution is 5.92. The number of hydrogen-bond donors (Lipinski definition) is 2. The Bertz CT molecular complexity index is 537. The van der Waals surface area contributed by atoms with Crippen molar-refractivity contribution in [1.82, 2.24) is 10.2 Å². The van der Waals surface area contributed by atoms with E-state index in [2.05, 4.69) is 5.32 Å². The number of carbonyl (C=O) groups excluding carboxylic acids is 2. The van der Waals surface area contributed by atoms with E-state index in [1.807, 2.05) is 12.1 Å². The van der Waals surface area contributed by atoms with Crippen molar-refractivity contribution in [3.05, 3.63) is 35.9 Å². The topological polar surface area (TPSA) is 75.4 Å². The number of nitrogens with two attached hydrogens (primary N) is 1. The van der Waals surface area contributed by atoms with Gasteiger partial charge >= 0.3 is 0 Å². The summed E-state index contributed by atoms with van der Waals surface area (Å²) in [5, 5.41) is 2.88. The molecule has 5 nitrogen and oxygen atoms in total. The Morgan fingerprint density at radius 1 is 1.33 bits per heavy atom. The van der Waals surface area contributed by atoms with Gasteiger partial charge in [-0.1, -0.05) is 12.1 Å². The minimum absolute atomic E-state index is 0.0260. The van der Waals surface area contributed by atoms with Gasteiger partial charge < -0.3 is 16.0 Å². The van der Waals surface area contributed by atoms with Gasteiger partial charge in [0, 0.05) is 37.8 Å². The average Bonchev–Trinajstić information content (AvgIpc) is 2.46. The molecule has 5 heteroatoms. The van der Waals surface area contributed by atoms with E-state index in [4.69, 9.17) is 5.73 Å². The van der Waals surface area contributed by atoms with E-state index in [1.165, 1.54) is 6.92 Å². The van der Waals surface area contributed by atoms with Gasteiger partial charge in [-0.3, -0.25) is 9.59 Å². The van der Waals surface area contributed by atoms with Gasteiger partial charge in [-0.2, -0.15) is 0 Å². The number of hydrogen-bond acceptors (Lipinski definition) is 3. The van der Waals surface area contributed by atoms with Crippen LogP contribution in [0.3, 0.4) is 0 Å². The molecular formula is C16H21N3O2. The standard InChI is InChI=1S/C16H21N3O2/c1-12(20)18-15-3-2-10-19(11-15)16(21)9-6-13-4-7-14(17)8-5-13/h4-9,15H,2-3,10-11,17H2,1H3,(H,18,20)/b9-6+. The Balaban J connectivity index is 1.93. The number of piperidine rings is 1. The van der Waals surface area contributed by atoms with E-state index in [-0.39, 0.29) is 17.9 Å². The normalized spacial score (nSPS) is 18.7. The second-order valence-corrected chi connectivity index (χ2v) is 5.32. The lowest BCUT2D eigenvalue weighted by atomic mass is 10.1. The summed E-state index contributed by atoms with van der Waals surface area (Å²) in [5.74, 6) is -0.0754. The zero-order chi connectivity index (χ0) is 15.2. The lowest BCUT2D eigenvalue weighted by Gasteiger charge is -2.32. The first kappa shape index (κ1) is 15.1. The van der Waals surface area contributed by atoms with E-state index < -0.39 is 0 Å². The maximum absolute atomic E-state index is 12.2. The van der Waals surface area contributed by atoms with Crippen LogP contribution in [0.15, 0.2) is 30.3 Å².